The van der Waals surface area contributed by atoms with E-state index in [0.717, 1.165) is 4.90 Å². The zero-order valence-electron chi connectivity index (χ0n) is 62.6. The monoisotopic (exact) mass is 1820 g/mol. The zero-order chi connectivity index (χ0) is 88.9. The number of ketones is 1. The molecule has 7 aliphatic rings. The number of aryl methyl sites for hydroxylation is 3. The molecule has 0 spiro atoms. The lowest BCUT2D eigenvalue weighted by molar-refractivity contribution is -0.121. The Balaban J connectivity index is 0.000000148. The van der Waals surface area contributed by atoms with Crippen molar-refractivity contribution in [3.05, 3.63) is 87.0 Å². The predicted octanol–water partition coefficient (Wildman–Crippen LogP) is -7.80. The molecule has 5 fully saturated rings. The molecule has 8 aromatic rings. The van der Waals surface area contributed by atoms with Gasteiger partial charge in [-0.15, -0.1) is 0 Å². The summed E-state index contributed by atoms with van der Waals surface area (Å²) in [6, 6.07) is 1.57. The first-order chi connectivity index (χ1) is 56.4. The number of carbonyl (C=O) groups excluding carboxylic acids is 2. The normalized spacial score (nSPS) is 28.6. The number of pyridine rings is 1. The zero-order valence-corrected chi connectivity index (χ0v) is 67.1. The molecule has 0 saturated carbocycles. The number of methoxy groups -OCH3 is 1. The van der Waals surface area contributed by atoms with E-state index >= 15 is 0 Å². The average Bonchev–Trinajstić information content (AvgIpc) is 1.62. The van der Waals surface area contributed by atoms with E-state index in [9.17, 15) is 93.1 Å². The van der Waals surface area contributed by atoms with Crippen LogP contribution in [0.4, 0.5) is 17.3 Å². The fourth-order valence-corrected chi connectivity index (χ4v) is 14.6. The number of fused-ring (bicyclic) bond motifs is 5. The lowest BCUT2D eigenvalue weighted by Gasteiger charge is -2.26. The van der Waals surface area contributed by atoms with Crippen molar-refractivity contribution in [3.63, 3.8) is 0 Å². The quantitative estimate of drug-likeness (QED) is 0.0297. The number of aromatic nitrogens is 15. The van der Waals surface area contributed by atoms with Crippen molar-refractivity contribution in [1.29, 1.82) is 0 Å². The lowest BCUT2D eigenvalue weighted by atomic mass is 10.1. The van der Waals surface area contributed by atoms with Gasteiger partial charge in [0.2, 0.25) is 11.8 Å². The first-order valence-corrected chi connectivity index (χ1v) is 42.4. The van der Waals surface area contributed by atoms with Crippen molar-refractivity contribution < 1.29 is 183 Å². The molecule has 0 radical (unpaired) electrons. The second-order valence-electron chi connectivity index (χ2n) is 27.0. The summed E-state index contributed by atoms with van der Waals surface area (Å²) in [6.45, 7) is 1.67. The van der Waals surface area contributed by atoms with E-state index in [0.29, 0.717) is 39.7 Å². The summed E-state index contributed by atoms with van der Waals surface area (Å²) in [5.74, 6) is 0.713. The smallest absolute Gasteiger partial charge is 0.469 e. The molecule has 0 aliphatic carbocycles. The number of nitrogens with one attached hydrogen (secondary N) is 1. The van der Waals surface area contributed by atoms with Crippen molar-refractivity contribution in [3.8, 4) is 5.88 Å². The number of imidazole rings is 4. The molecule has 7 aliphatic heterocycles. The summed E-state index contributed by atoms with van der Waals surface area (Å²) in [5, 5.41) is 101. The molecular weight excluding hydrogens is 1740 g/mol. The average molecular weight is 1820 g/mol. The number of phosphoric ester groups is 5. The molecule has 0 aromatic carbocycles. The van der Waals surface area contributed by atoms with Crippen molar-refractivity contribution in [2.24, 2.45) is 12.0 Å². The molecule has 23 N–H and O–H groups in total. The second kappa shape index (κ2) is 37.0. The molecule has 121 heavy (non-hydrogen) atoms. The number of Topliss-reactive ketones (excluding diaryl/α,β-unsaturated/α-hetero) is 1. The van der Waals surface area contributed by atoms with Gasteiger partial charge in [0.05, 0.1) is 83.1 Å². The maximum absolute atomic E-state index is 12.3. The Morgan fingerprint density at radius 1 is 0.488 bits per heavy atom. The van der Waals surface area contributed by atoms with Gasteiger partial charge in [-0.05, 0) is 26.8 Å². The van der Waals surface area contributed by atoms with Crippen LogP contribution in [-0.4, -0.2) is 329 Å². The number of carbonyl (C=O) groups is 2. The predicted molar refractivity (Wildman–Crippen MR) is 391 cm³/mol. The number of phosphoric acid groups is 5. The van der Waals surface area contributed by atoms with Gasteiger partial charge < -0.3 is 139 Å². The van der Waals surface area contributed by atoms with Crippen LogP contribution in [-0.2, 0) is 87.4 Å². The maximum Gasteiger partial charge on any atom is 0.469 e. The Bertz CT molecular complexity index is 5530. The van der Waals surface area contributed by atoms with Crippen molar-refractivity contribution >= 4 is 108 Å². The standard InChI is InChI=1S/2C12H17N4O8P.C12H16N3O9P.C11H15N4O7P.C11H14N3O8P/c1-5-14-10-7(11(15-5)22-2)13-4-16(10)12-9(18)8(17)6(24-12)3-23-25(19,20)21;1-5-14-10-7(11(19)15(5)2)13-4-16(10)12-9(18)8(17)6(24-12)3-23-25(20,21)22;1-4-13-10-5(11(19)14-4)2-7(16)15(10)12-9(18)8(17)6(24-12)3-23-25(20,21)22;12-5-1-2-13-10-7(5)14-4-15(10)11-9(17)8(16)6(22-11)3-21-23(18,19)20;15-5-1-2-12-10-7(5)13-4-14(10)11-9(17)8(16)6(22-11)3-21-23(18,19)20/h4,6,8-9,12,17-18H,3H2,1-2H3,(H2,19,20,21);4,6,8-9,12,17-18H,3H2,1-2H3,(H2,20,21,22);6,8-9,12,17-18H,2-3H2,1H3,(H,13,14,19)(H2,20,21,22);1-2,4,6,8-9,11,16-17H,3H2,(H2,12,13)(H2,18,19,20);2,4,6,8-9,11,16-17H,1,3H2,(H2,18,19,20)/t3*6-,8-,9-,12-;2*6-,8-,9-,11-/m11111/s1. The Morgan fingerprint density at radius 2 is 0.876 bits per heavy atom. The highest BCUT2D eigenvalue weighted by molar-refractivity contribution is 7.47. The molecule has 666 valence electrons. The number of amides is 1. The molecule has 15 heterocycles. The van der Waals surface area contributed by atoms with Gasteiger partial charge in [-0.1, -0.05) is 0 Å². The van der Waals surface area contributed by atoms with E-state index in [1.165, 1.54) is 74.6 Å². The van der Waals surface area contributed by atoms with Crippen LogP contribution in [0.25, 0.3) is 33.5 Å². The van der Waals surface area contributed by atoms with Crippen LogP contribution in [0.2, 0.25) is 0 Å². The number of anilines is 2. The van der Waals surface area contributed by atoms with Crippen molar-refractivity contribution in [2.45, 2.75) is 156 Å². The molecule has 63 heteroatoms. The summed E-state index contributed by atoms with van der Waals surface area (Å²) in [7, 11) is -20.7. The first kappa shape index (κ1) is 93.7. The fraction of sp³-hybridized carbons (Fsp3) is 0.552. The van der Waals surface area contributed by atoms with Crippen LogP contribution < -0.4 is 26.5 Å². The molecular formula is C58H79N18O40P5. The largest absolute Gasteiger partial charge is 0.479 e. The Morgan fingerprint density at radius 3 is 1.31 bits per heavy atom. The number of aliphatic hydroxyl groups excluding tert-OH is 10. The van der Waals surface area contributed by atoms with Crippen molar-refractivity contribution in [1.82, 2.24) is 72.7 Å². The molecule has 15 rings (SSSR count). The summed E-state index contributed by atoms with van der Waals surface area (Å²) in [4.78, 5) is 180. The maximum atomic E-state index is 12.3. The highest BCUT2D eigenvalue weighted by Crippen LogP contribution is 2.45. The molecule has 1 amide bonds. The van der Waals surface area contributed by atoms with Gasteiger partial charge in [0.1, 0.15) is 120 Å². The van der Waals surface area contributed by atoms with Gasteiger partial charge in [0.25, 0.3) is 11.1 Å². The van der Waals surface area contributed by atoms with Gasteiger partial charge in [-0.25, -0.2) is 67.7 Å². The number of hydrogen-bond acceptors (Lipinski definition) is 41. The summed E-state index contributed by atoms with van der Waals surface area (Å²) in [6.07, 6.45) is -18.2. The third-order valence-electron chi connectivity index (χ3n) is 18.7. The van der Waals surface area contributed by atoms with Crippen LogP contribution in [0.5, 0.6) is 5.88 Å². The second-order valence-corrected chi connectivity index (χ2v) is 33.2. The molecule has 8 aromatic heterocycles. The van der Waals surface area contributed by atoms with Gasteiger partial charge >= 0.3 is 39.1 Å². The summed E-state index contributed by atoms with van der Waals surface area (Å²) in [5.41, 5.74) is 7.17. The van der Waals surface area contributed by atoms with E-state index in [-0.39, 0.29) is 69.9 Å². The van der Waals surface area contributed by atoms with Crippen LogP contribution in [0.3, 0.4) is 0 Å². The number of aliphatic imine (C=N–C) groups is 1. The number of nitrogen functional groups attached to an aromatic ring is 1. The third kappa shape index (κ3) is 21.3. The van der Waals surface area contributed by atoms with E-state index in [4.69, 9.17) is 83.1 Å². The number of aromatic amines is 1. The van der Waals surface area contributed by atoms with Crippen LogP contribution in [0.1, 0.15) is 64.9 Å². The minimum absolute atomic E-state index is 0.0130. The van der Waals surface area contributed by atoms with Crippen LogP contribution >= 0.6 is 39.1 Å². The first-order valence-electron chi connectivity index (χ1n) is 34.8. The molecule has 58 nitrogen and oxygen atoms in total. The van der Waals surface area contributed by atoms with Gasteiger partial charge in [-0.3, -0.25) is 69.5 Å². The van der Waals surface area contributed by atoms with Crippen LogP contribution in [0.15, 0.2) is 52.2 Å². The number of ether oxygens (including phenoxy) is 6. The minimum Gasteiger partial charge on any atom is -0.479 e. The number of H-pyrrole nitrogens is 1. The fourth-order valence-electron chi connectivity index (χ4n) is 12.9. The van der Waals surface area contributed by atoms with E-state index in [1.54, 1.807) is 27.0 Å². The Hall–Kier alpha value is -8.03. The number of nitrogens with zero attached hydrogens (tertiary/aromatic N) is 16. The SMILES string of the molecule is COc1nc(C)nc2c1ncn2[C@@H]1O[C@H](COP(=O)(O)O)[C@@H](O)[C@H]1O.Cc1nc2c(c(=O)[nH]1)CC(=O)N2[C@@H]1O[C@H](COP(=O)(O)O)[C@@H](O)[C@H]1O.Cc1nc2c(ncn2[C@@H]2O[C@H](COP(=O)(O)O)[C@@H](O)[C@H]2O)c(=O)n1C.Nc1ccnc2c1ncn2[C@@H]1O[C@H](COP(=O)(O)O)[C@@H](O)[C@H]1O.O=C1CC=Nc2c1ncn2[C@@H]1O[C@H](COP(=O)(O)O)[C@@H](O)[C@H]1O. The van der Waals surface area contributed by atoms with E-state index < -0.39 is 206 Å². The summed E-state index contributed by atoms with van der Waals surface area (Å²) >= 11 is 0. The molecule has 0 bridgehead atoms. The highest BCUT2D eigenvalue weighted by atomic mass is 31.2. The number of hydrogen-bond donors (Lipinski definition) is 22. The Labute approximate surface area is 673 Å². The molecule has 20 atom stereocenters. The van der Waals surface area contributed by atoms with E-state index in [2.05, 4.69) is 77.5 Å². The number of rotatable bonds is 21. The lowest BCUT2D eigenvalue weighted by Crippen LogP contribution is -2.46. The minimum atomic E-state index is -4.80. The van der Waals surface area contributed by atoms with Crippen LogP contribution in [0, 0.1) is 20.8 Å². The van der Waals surface area contributed by atoms with Crippen molar-refractivity contribution in [2.75, 3.05) is 50.8 Å². The Kier molecular flexibility index (Phi) is 28.7. The van der Waals surface area contributed by atoms with Gasteiger partial charge in [0.15, 0.2) is 76.4 Å². The van der Waals surface area contributed by atoms with Gasteiger partial charge in [-0.2, -0.15) is 4.98 Å². The topological polar surface area (TPSA) is 858 Å². The highest BCUT2D eigenvalue weighted by Gasteiger charge is 2.53. The van der Waals surface area contributed by atoms with E-state index in [1.807, 2.05) is 0 Å². The molecule has 0 unspecified atom stereocenters. The number of nitrogens with two attached hydrogens (primary N) is 1. The number of aliphatic hydroxyl groups is 10. The third-order valence-corrected chi connectivity index (χ3v) is 21.2. The summed E-state index contributed by atoms with van der Waals surface area (Å²) < 4.78 is 114. The molecule has 5 saturated heterocycles. The van der Waals surface area contributed by atoms with Gasteiger partial charge in [0, 0.05) is 25.9 Å².